The number of benzene rings is 1. The minimum Gasteiger partial charge on any atom is -0.390 e. The summed E-state index contributed by atoms with van der Waals surface area (Å²) in [6.45, 7) is 8.06. The Morgan fingerprint density at radius 2 is 1.87 bits per heavy atom. The summed E-state index contributed by atoms with van der Waals surface area (Å²) in [6, 6.07) is 6.61. The number of hydrogen-bond acceptors (Lipinski definition) is 4. The van der Waals surface area contributed by atoms with Gasteiger partial charge in [0.25, 0.3) is 0 Å². The van der Waals surface area contributed by atoms with Gasteiger partial charge >= 0.3 is 0 Å². The Labute approximate surface area is 138 Å². The zero-order valence-electron chi connectivity index (χ0n) is 14.4. The van der Waals surface area contributed by atoms with Gasteiger partial charge in [-0.25, -0.2) is 4.39 Å². The van der Waals surface area contributed by atoms with E-state index in [9.17, 15) is 9.50 Å². The highest BCUT2D eigenvalue weighted by Gasteiger charge is 2.24. The van der Waals surface area contributed by atoms with Gasteiger partial charge < -0.3 is 14.7 Å². The summed E-state index contributed by atoms with van der Waals surface area (Å²) in [7, 11) is 2.01. The van der Waals surface area contributed by atoms with Crippen LogP contribution in [-0.4, -0.2) is 73.0 Å². The molecule has 130 valence electrons. The Kier molecular flexibility index (Phi) is 6.96. The number of aliphatic hydroxyl groups is 1. The van der Waals surface area contributed by atoms with Crippen LogP contribution in [0.15, 0.2) is 24.3 Å². The predicted octanol–water partition coefficient (Wildman–Crippen LogP) is 1.77. The quantitative estimate of drug-likeness (QED) is 0.829. The van der Waals surface area contributed by atoms with Crippen LogP contribution in [0.2, 0.25) is 0 Å². The lowest BCUT2D eigenvalue weighted by Crippen LogP contribution is -2.49. The Hall–Kier alpha value is -1.01. The highest BCUT2D eigenvalue weighted by atomic mass is 19.1. The van der Waals surface area contributed by atoms with Crippen LogP contribution >= 0.6 is 0 Å². The van der Waals surface area contributed by atoms with Crippen molar-refractivity contribution in [3.05, 3.63) is 35.6 Å². The lowest BCUT2D eigenvalue weighted by Gasteiger charge is -2.36. The molecule has 1 aromatic rings. The lowest BCUT2D eigenvalue weighted by molar-refractivity contribution is -0.0776. The van der Waals surface area contributed by atoms with Gasteiger partial charge in [-0.2, -0.15) is 0 Å². The second kappa shape index (κ2) is 8.73. The summed E-state index contributed by atoms with van der Waals surface area (Å²) in [4.78, 5) is 4.40. The molecule has 1 fully saturated rings. The number of halogens is 1. The van der Waals surface area contributed by atoms with Gasteiger partial charge in [0, 0.05) is 32.7 Å². The van der Waals surface area contributed by atoms with Crippen molar-refractivity contribution in [3.63, 3.8) is 0 Å². The standard InChI is InChI=1S/C18H29FN2O2/c1-14-10-21(11-15(2)23-14)13-18(22)12-20(3)9-8-16-4-6-17(19)7-5-16/h4-7,14-15,18,22H,8-13H2,1-3H3. The molecule has 1 aromatic carbocycles. The molecule has 0 spiro atoms. The predicted molar refractivity (Wildman–Crippen MR) is 90.1 cm³/mol. The van der Waals surface area contributed by atoms with Gasteiger partial charge in [0.2, 0.25) is 0 Å². The molecule has 1 heterocycles. The second-order valence-electron chi connectivity index (χ2n) is 6.77. The third-order valence-corrected chi connectivity index (χ3v) is 4.18. The number of hydrogen-bond donors (Lipinski definition) is 1. The topological polar surface area (TPSA) is 35.9 Å². The first kappa shape index (κ1) is 18.3. The molecule has 3 atom stereocenters. The Morgan fingerprint density at radius 1 is 1.26 bits per heavy atom. The van der Waals surface area contributed by atoms with Crippen molar-refractivity contribution in [1.82, 2.24) is 9.80 Å². The van der Waals surface area contributed by atoms with Gasteiger partial charge in [-0.1, -0.05) is 12.1 Å². The molecule has 0 aromatic heterocycles. The van der Waals surface area contributed by atoms with E-state index in [0.29, 0.717) is 13.1 Å². The van der Waals surface area contributed by atoms with Crippen LogP contribution in [-0.2, 0) is 11.2 Å². The molecule has 0 aliphatic carbocycles. The van der Waals surface area contributed by atoms with E-state index in [0.717, 1.165) is 31.6 Å². The van der Waals surface area contributed by atoms with Crippen molar-refractivity contribution >= 4 is 0 Å². The molecular formula is C18H29FN2O2. The fourth-order valence-corrected chi connectivity index (χ4v) is 3.21. The van der Waals surface area contributed by atoms with Gasteiger partial charge in [-0.05, 0) is 45.0 Å². The van der Waals surface area contributed by atoms with Crippen LogP contribution in [0.4, 0.5) is 4.39 Å². The molecule has 1 saturated heterocycles. The number of β-amino-alcohol motifs (C(OH)–C–C–N with tert-alkyl or cyclic N) is 1. The molecule has 1 aliphatic rings. The van der Waals surface area contributed by atoms with Crippen LogP contribution in [0.5, 0.6) is 0 Å². The van der Waals surface area contributed by atoms with E-state index in [4.69, 9.17) is 4.74 Å². The van der Waals surface area contributed by atoms with Crippen LogP contribution in [0, 0.1) is 5.82 Å². The van der Waals surface area contributed by atoms with E-state index in [-0.39, 0.29) is 24.1 Å². The van der Waals surface area contributed by atoms with E-state index >= 15 is 0 Å². The number of ether oxygens (including phenoxy) is 1. The molecule has 23 heavy (non-hydrogen) atoms. The number of rotatable bonds is 7. The molecule has 4 nitrogen and oxygen atoms in total. The van der Waals surface area contributed by atoms with E-state index in [1.807, 2.05) is 19.2 Å². The molecule has 1 N–H and O–H groups in total. The van der Waals surface area contributed by atoms with E-state index in [1.54, 1.807) is 0 Å². The smallest absolute Gasteiger partial charge is 0.123 e. The maximum atomic E-state index is 12.9. The van der Waals surface area contributed by atoms with Crippen molar-refractivity contribution < 1.29 is 14.2 Å². The first-order chi connectivity index (χ1) is 10.9. The lowest BCUT2D eigenvalue weighted by atomic mass is 10.1. The zero-order valence-corrected chi connectivity index (χ0v) is 14.4. The monoisotopic (exact) mass is 324 g/mol. The Bertz CT molecular complexity index is 459. The summed E-state index contributed by atoms with van der Waals surface area (Å²) in [6.07, 6.45) is 0.935. The fraction of sp³-hybridized carbons (Fsp3) is 0.667. The number of likely N-dealkylation sites (N-methyl/N-ethyl adjacent to an activating group) is 1. The van der Waals surface area contributed by atoms with Gasteiger partial charge in [0.15, 0.2) is 0 Å². The second-order valence-corrected chi connectivity index (χ2v) is 6.77. The molecule has 1 aliphatic heterocycles. The third-order valence-electron chi connectivity index (χ3n) is 4.18. The molecule has 3 unspecified atom stereocenters. The van der Waals surface area contributed by atoms with Gasteiger partial charge in [-0.3, -0.25) is 4.90 Å². The van der Waals surface area contributed by atoms with Gasteiger partial charge in [0.05, 0.1) is 18.3 Å². The highest BCUT2D eigenvalue weighted by Crippen LogP contribution is 2.11. The summed E-state index contributed by atoms with van der Waals surface area (Å²) >= 11 is 0. The molecule has 0 amide bonds. The van der Waals surface area contributed by atoms with Crippen LogP contribution in [0.3, 0.4) is 0 Å². The minimum atomic E-state index is -0.370. The minimum absolute atomic E-state index is 0.202. The summed E-state index contributed by atoms with van der Waals surface area (Å²) in [5, 5.41) is 10.3. The molecular weight excluding hydrogens is 295 g/mol. The number of morpholine rings is 1. The van der Waals surface area contributed by atoms with Crippen molar-refractivity contribution in [2.45, 2.75) is 38.6 Å². The van der Waals surface area contributed by atoms with Crippen molar-refractivity contribution in [3.8, 4) is 0 Å². The highest BCUT2D eigenvalue weighted by molar-refractivity contribution is 5.16. The largest absolute Gasteiger partial charge is 0.390 e. The molecule has 0 saturated carbocycles. The van der Waals surface area contributed by atoms with E-state index in [1.165, 1.54) is 12.1 Å². The average Bonchev–Trinajstić information content (AvgIpc) is 2.45. The van der Waals surface area contributed by atoms with E-state index in [2.05, 4.69) is 23.6 Å². The maximum Gasteiger partial charge on any atom is 0.123 e. The van der Waals surface area contributed by atoms with Gasteiger partial charge in [0.1, 0.15) is 5.82 Å². The van der Waals surface area contributed by atoms with Crippen molar-refractivity contribution in [2.24, 2.45) is 0 Å². The molecule has 5 heteroatoms. The molecule has 0 radical (unpaired) electrons. The van der Waals surface area contributed by atoms with Crippen LogP contribution in [0.1, 0.15) is 19.4 Å². The average molecular weight is 324 g/mol. The van der Waals surface area contributed by atoms with Crippen molar-refractivity contribution in [1.29, 1.82) is 0 Å². The normalized spacial score (nSPS) is 24.1. The first-order valence-corrected chi connectivity index (χ1v) is 8.41. The molecule has 2 rings (SSSR count). The third kappa shape index (κ3) is 6.55. The zero-order chi connectivity index (χ0) is 16.8. The van der Waals surface area contributed by atoms with Gasteiger partial charge in [-0.15, -0.1) is 0 Å². The SMILES string of the molecule is CC1CN(CC(O)CN(C)CCc2ccc(F)cc2)CC(C)O1. The summed E-state index contributed by atoms with van der Waals surface area (Å²) < 4.78 is 18.6. The Morgan fingerprint density at radius 3 is 2.48 bits per heavy atom. The van der Waals surface area contributed by atoms with Crippen molar-refractivity contribution in [2.75, 3.05) is 39.8 Å². The molecule has 0 bridgehead atoms. The summed E-state index contributed by atoms with van der Waals surface area (Å²) in [5.74, 6) is -0.202. The van der Waals surface area contributed by atoms with Crippen LogP contribution < -0.4 is 0 Å². The number of aliphatic hydroxyl groups excluding tert-OH is 1. The Balaban J connectivity index is 1.69. The fourth-order valence-electron chi connectivity index (χ4n) is 3.21. The van der Waals surface area contributed by atoms with Crippen LogP contribution in [0.25, 0.3) is 0 Å². The maximum absolute atomic E-state index is 12.9. The van der Waals surface area contributed by atoms with E-state index < -0.39 is 0 Å². The number of nitrogens with zero attached hydrogens (tertiary/aromatic N) is 2. The first-order valence-electron chi connectivity index (χ1n) is 8.41. The summed E-state index contributed by atoms with van der Waals surface area (Å²) in [5.41, 5.74) is 1.11.